The summed E-state index contributed by atoms with van der Waals surface area (Å²) in [5.41, 5.74) is 1.50. The molecule has 0 saturated carbocycles. The maximum absolute atomic E-state index is 12.1. The van der Waals surface area contributed by atoms with Gasteiger partial charge in [-0.25, -0.2) is 0 Å². The second-order valence-electron chi connectivity index (χ2n) is 5.70. The second kappa shape index (κ2) is 9.68. The number of thioether (sulfide) groups is 1. The van der Waals surface area contributed by atoms with Crippen LogP contribution < -0.4 is 10.1 Å². The minimum absolute atomic E-state index is 0.0121. The normalized spacial score (nSPS) is 10.5. The van der Waals surface area contributed by atoms with Gasteiger partial charge in [-0.05, 0) is 30.7 Å². The first-order valence-corrected chi connectivity index (χ1v) is 10.4. The molecule has 144 valence electrons. The lowest BCUT2D eigenvalue weighted by Gasteiger charge is -2.08. The van der Waals surface area contributed by atoms with Crippen molar-refractivity contribution in [2.24, 2.45) is 0 Å². The maximum atomic E-state index is 12.1. The Kier molecular flexibility index (Phi) is 7.02. The van der Waals surface area contributed by atoms with Crippen LogP contribution in [0.2, 0.25) is 5.02 Å². The fourth-order valence-electron chi connectivity index (χ4n) is 2.23. The van der Waals surface area contributed by atoms with E-state index in [1.165, 1.54) is 23.1 Å². The molecule has 0 aliphatic rings. The first kappa shape index (κ1) is 20.3. The number of hydrogen-bond donors (Lipinski definition) is 1. The zero-order valence-corrected chi connectivity index (χ0v) is 17.2. The van der Waals surface area contributed by atoms with Crippen LogP contribution in [0.15, 0.2) is 52.9 Å². The topological polar surface area (TPSA) is 81.2 Å². The average molecular weight is 434 g/mol. The van der Waals surface area contributed by atoms with Crippen LogP contribution in [0.25, 0.3) is 0 Å². The van der Waals surface area contributed by atoms with Gasteiger partial charge in [0.25, 0.3) is 5.91 Å². The summed E-state index contributed by atoms with van der Waals surface area (Å²) in [4.78, 5) is 24.2. The summed E-state index contributed by atoms with van der Waals surface area (Å²) in [5, 5.41) is 11.5. The monoisotopic (exact) mass is 433 g/mol. The van der Waals surface area contributed by atoms with Gasteiger partial charge in [0.15, 0.2) is 16.7 Å². The molecule has 0 spiro atoms. The van der Waals surface area contributed by atoms with Crippen LogP contribution in [-0.4, -0.2) is 34.2 Å². The molecule has 1 aromatic heterocycles. The van der Waals surface area contributed by atoms with Crippen LogP contribution in [0.5, 0.6) is 5.75 Å². The number of aryl methyl sites for hydroxylation is 1. The van der Waals surface area contributed by atoms with E-state index in [0.717, 1.165) is 5.56 Å². The maximum Gasteiger partial charge on any atom is 0.264 e. The number of rotatable bonds is 8. The van der Waals surface area contributed by atoms with E-state index in [0.29, 0.717) is 25.8 Å². The summed E-state index contributed by atoms with van der Waals surface area (Å²) in [6.07, 6.45) is 0. The van der Waals surface area contributed by atoms with Gasteiger partial charge in [0.1, 0.15) is 5.75 Å². The van der Waals surface area contributed by atoms with Crippen molar-refractivity contribution in [3.05, 3.63) is 64.7 Å². The number of nitrogens with one attached hydrogen (secondary N) is 1. The molecule has 3 aromatic rings. The lowest BCUT2D eigenvalue weighted by molar-refractivity contribution is -0.118. The molecule has 2 aromatic carbocycles. The highest BCUT2D eigenvalue weighted by molar-refractivity contribution is 8.01. The van der Waals surface area contributed by atoms with E-state index in [-0.39, 0.29) is 24.1 Å². The molecule has 0 aliphatic carbocycles. The number of carbonyl (C=O) groups is 2. The molecule has 0 saturated heterocycles. The third kappa shape index (κ3) is 5.79. The molecule has 0 bridgehead atoms. The van der Waals surface area contributed by atoms with E-state index in [2.05, 4.69) is 15.5 Å². The molecule has 1 heterocycles. The molecule has 6 nitrogen and oxygen atoms in total. The SMILES string of the molecule is Cc1cc(Cl)ccc1OCC(=O)Nc1nnc(SCC(=O)c2ccccc2)s1. The van der Waals surface area contributed by atoms with E-state index < -0.39 is 0 Å². The Morgan fingerprint density at radius 2 is 1.96 bits per heavy atom. The van der Waals surface area contributed by atoms with Gasteiger partial charge in [-0.15, -0.1) is 10.2 Å². The number of aromatic nitrogens is 2. The summed E-state index contributed by atoms with van der Waals surface area (Å²) in [7, 11) is 0. The van der Waals surface area contributed by atoms with Gasteiger partial charge in [-0.1, -0.05) is 65.0 Å². The van der Waals surface area contributed by atoms with Crippen LogP contribution in [0.4, 0.5) is 5.13 Å². The van der Waals surface area contributed by atoms with Crippen molar-refractivity contribution in [1.82, 2.24) is 10.2 Å². The molecule has 1 amide bonds. The van der Waals surface area contributed by atoms with Crippen molar-refractivity contribution < 1.29 is 14.3 Å². The van der Waals surface area contributed by atoms with Crippen molar-refractivity contribution in [2.45, 2.75) is 11.3 Å². The molecule has 1 N–H and O–H groups in total. The number of benzene rings is 2. The highest BCUT2D eigenvalue weighted by Gasteiger charge is 2.12. The predicted molar refractivity (Wildman–Crippen MR) is 112 cm³/mol. The second-order valence-corrected chi connectivity index (χ2v) is 8.33. The molecular weight excluding hydrogens is 418 g/mol. The van der Waals surface area contributed by atoms with Crippen molar-refractivity contribution >= 4 is 51.5 Å². The Balaban J connectivity index is 1.47. The third-order valence-electron chi connectivity index (χ3n) is 3.57. The van der Waals surface area contributed by atoms with Crippen molar-refractivity contribution in [1.29, 1.82) is 0 Å². The third-order valence-corrected chi connectivity index (χ3v) is 5.78. The van der Waals surface area contributed by atoms with E-state index in [1.807, 2.05) is 25.1 Å². The summed E-state index contributed by atoms with van der Waals surface area (Å²) in [6.45, 7) is 1.70. The Morgan fingerprint density at radius 1 is 1.18 bits per heavy atom. The molecule has 0 atom stereocenters. The number of anilines is 1. The summed E-state index contributed by atoms with van der Waals surface area (Å²) in [6, 6.07) is 14.2. The highest BCUT2D eigenvalue weighted by Crippen LogP contribution is 2.26. The summed E-state index contributed by atoms with van der Waals surface area (Å²) in [5.74, 6) is 0.513. The van der Waals surface area contributed by atoms with Gasteiger partial charge in [0.05, 0.1) is 5.75 Å². The van der Waals surface area contributed by atoms with Crippen molar-refractivity contribution in [2.75, 3.05) is 17.7 Å². The molecule has 3 rings (SSSR count). The number of amides is 1. The summed E-state index contributed by atoms with van der Waals surface area (Å²) >= 11 is 8.39. The van der Waals surface area contributed by atoms with Crippen LogP contribution in [0, 0.1) is 6.92 Å². The van der Waals surface area contributed by atoms with E-state index in [9.17, 15) is 9.59 Å². The minimum atomic E-state index is -0.345. The zero-order valence-electron chi connectivity index (χ0n) is 14.8. The minimum Gasteiger partial charge on any atom is -0.483 e. The first-order valence-electron chi connectivity index (χ1n) is 8.24. The molecule has 9 heteroatoms. The van der Waals surface area contributed by atoms with Gasteiger partial charge in [0.2, 0.25) is 5.13 Å². The Morgan fingerprint density at radius 3 is 2.71 bits per heavy atom. The van der Waals surface area contributed by atoms with Crippen LogP contribution in [-0.2, 0) is 4.79 Å². The van der Waals surface area contributed by atoms with Gasteiger partial charge in [0, 0.05) is 10.6 Å². The van der Waals surface area contributed by atoms with E-state index >= 15 is 0 Å². The molecule has 0 radical (unpaired) electrons. The van der Waals surface area contributed by atoms with Gasteiger partial charge in [-0.2, -0.15) is 0 Å². The fourth-order valence-corrected chi connectivity index (χ4v) is 4.12. The molecular formula is C19H16ClN3O3S2. The molecule has 0 aliphatic heterocycles. The average Bonchev–Trinajstić information content (AvgIpc) is 3.13. The fraction of sp³-hybridized carbons (Fsp3) is 0.158. The Labute approximate surface area is 175 Å². The predicted octanol–water partition coefficient (Wildman–Crippen LogP) is 4.49. The molecule has 28 heavy (non-hydrogen) atoms. The number of nitrogens with zero attached hydrogens (tertiary/aromatic N) is 2. The number of ether oxygens (including phenoxy) is 1. The van der Waals surface area contributed by atoms with Crippen LogP contribution in [0.3, 0.4) is 0 Å². The number of hydrogen-bond acceptors (Lipinski definition) is 7. The zero-order chi connectivity index (χ0) is 19.9. The number of Topliss-reactive ketones (excluding diaryl/α,β-unsaturated/α-hetero) is 1. The molecule has 0 fully saturated rings. The van der Waals surface area contributed by atoms with Gasteiger partial charge in [-0.3, -0.25) is 14.9 Å². The first-order chi connectivity index (χ1) is 13.5. The van der Waals surface area contributed by atoms with Crippen molar-refractivity contribution in [3.8, 4) is 5.75 Å². The lowest BCUT2D eigenvalue weighted by atomic mass is 10.2. The van der Waals surface area contributed by atoms with Crippen LogP contribution >= 0.6 is 34.7 Å². The Hall–Kier alpha value is -2.42. The standard InChI is InChI=1S/C19H16ClN3O3S2/c1-12-9-14(20)7-8-16(12)26-10-17(25)21-18-22-23-19(28-18)27-11-15(24)13-5-3-2-4-6-13/h2-9H,10-11H2,1H3,(H,21,22,25). The highest BCUT2D eigenvalue weighted by atomic mass is 35.5. The quantitative estimate of drug-likeness (QED) is 0.320. The summed E-state index contributed by atoms with van der Waals surface area (Å²) < 4.78 is 6.10. The van der Waals surface area contributed by atoms with Gasteiger partial charge < -0.3 is 4.74 Å². The van der Waals surface area contributed by atoms with Crippen molar-refractivity contribution in [3.63, 3.8) is 0 Å². The lowest BCUT2D eigenvalue weighted by Crippen LogP contribution is -2.20. The smallest absolute Gasteiger partial charge is 0.264 e. The Bertz CT molecular complexity index is 980. The number of carbonyl (C=O) groups excluding carboxylic acids is 2. The largest absolute Gasteiger partial charge is 0.483 e. The number of halogens is 1. The molecule has 0 unspecified atom stereocenters. The van der Waals surface area contributed by atoms with Crippen LogP contribution in [0.1, 0.15) is 15.9 Å². The van der Waals surface area contributed by atoms with E-state index in [4.69, 9.17) is 16.3 Å². The van der Waals surface area contributed by atoms with E-state index in [1.54, 1.807) is 30.3 Å². The number of ketones is 1. The van der Waals surface area contributed by atoms with Gasteiger partial charge >= 0.3 is 0 Å².